The van der Waals surface area contributed by atoms with Gasteiger partial charge in [0.1, 0.15) is 0 Å². The molecule has 0 bridgehead atoms. The average Bonchev–Trinajstić information content (AvgIpc) is 2.36. The normalized spacial score (nSPS) is 12.2. The first kappa shape index (κ1) is 15.5. The van der Waals surface area contributed by atoms with Gasteiger partial charge in [0, 0.05) is 20.0 Å². The molecule has 19 heavy (non-hydrogen) atoms. The molecule has 0 saturated carbocycles. The molecule has 4 nitrogen and oxygen atoms in total. The summed E-state index contributed by atoms with van der Waals surface area (Å²) in [7, 11) is 0. The van der Waals surface area contributed by atoms with E-state index in [0.717, 1.165) is 18.6 Å². The van der Waals surface area contributed by atoms with Crippen molar-refractivity contribution in [3.8, 4) is 0 Å². The quantitative estimate of drug-likeness (QED) is 0.652. The van der Waals surface area contributed by atoms with Gasteiger partial charge >= 0.3 is 0 Å². The van der Waals surface area contributed by atoms with Gasteiger partial charge in [0.2, 0.25) is 5.91 Å². The Labute approximate surface area is 110 Å². The second-order valence-corrected chi connectivity index (χ2v) is 4.23. The van der Waals surface area contributed by atoms with Gasteiger partial charge in [-0.2, -0.15) is 0 Å². The van der Waals surface area contributed by atoms with Gasteiger partial charge in [-0.3, -0.25) is 4.79 Å². The molecule has 0 aromatic heterocycles. The second kappa shape index (κ2) is 7.81. The molecular weight excluding hydrogens is 254 g/mol. The van der Waals surface area contributed by atoms with Gasteiger partial charge in [-0.25, -0.2) is 8.78 Å². The lowest BCUT2D eigenvalue weighted by Crippen LogP contribution is -2.27. The van der Waals surface area contributed by atoms with Gasteiger partial charge in [-0.05, 0) is 30.7 Å². The Balaban J connectivity index is 2.25. The summed E-state index contributed by atoms with van der Waals surface area (Å²) in [6.07, 6.45) is -0.166. The van der Waals surface area contributed by atoms with E-state index in [4.69, 9.17) is 0 Å². The summed E-state index contributed by atoms with van der Waals surface area (Å²) in [6, 6.07) is 3.33. The van der Waals surface area contributed by atoms with Gasteiger partial charge in [0.05, 0.1) is 6.10 Å². The summed E-state index contributed by atoms with van der Waals surface area (Å²) in [4.78, 5) is 10.6. The van der Waals surface area contributed by atoms with Crippen LogP contribution in [0.3, 0.4) is 0 Å². The minimum absolute atomic E-state index is 0.0816. The third-order valence-corrected chi connectivity index (χ3v) is 2.57. The Morgan fingerprint density at radius 3 is 2.68 bits per heavy atom. The first-order valence-corrected chi connectivity index (χ1v) is 6.09. The lowest BCUT2D eigenvalue weighted by Gasteiger charge is -2.12. The summed E-state index contributed by atoms with van der Waals surface area (Å²) in [5.74, 6) is -1.98. The van der Waals surface area contributed by atoms with Crippen molar-refractivity contribution in [2.24, 2.45) is 0 Å². The highest BCUT2D eigenvalue weighted by Crippen LogP contribution is 2.15. The standard InChI is InChI=1S/C13H18F2N2O2/c1-9(18)17-6-2-5-16-8-13(19)10-3-4-11(14)12(15)7-10/h3-4,7,13,16,19H,2,5-6,8H2,1H3,(H,17,18). The maximum absolute atomic E-state index is 13.0. The second-order valence-electron chi connectivity index (χ2n) is 4.23. The van der Waals surface area contributed by atoms with Crippen LogP contribution in [-0.4, -0.2) is 30.6 Å². The van der Waals surface area contributed by atoms with Gasteiger partial charge in [0.15, 0.2) is 11.6 Å². The van der Waals surface area contributed by atoms with Crippen LogP contribution < -0.4 is 10.6 Å². The molecule has 0 fully saturated rings. The minimum Gasteiger partial charge on any atom is -0.387 e. The average molecular weight is 272 g/mol. The molecule has 1 aromatic carbocycles. The van der Waals surface area contributed by atoms with E-state index in [1.54, 1.807) is 0 Å². The van der Waals surface area contributed by atoms with Crippen molar-refractivity contribution in [3.63, 3.8) is 0 Å². The molecule has 0 spiro atoms. The lowest BCUT2D eigenvalue weighted by molar-refractivity contribution is -0.118. The van der Waals surface area contributed by atoms with Crippen molar-refractivity contribution in [1.29, 1.82) is 0 Å². The largest absolute Gasteiger partial charge is 0.387 e. The smallest absolute Gasteiger partial charge is 0.216 e. The Hall–Kier alpha value is -1.53. The fourth-order valence-corrected chi connectivity index (χ4v) is 1.55. The molecule has 0 aliphatic heterocycles. The van der Waals surface area contributed by atoms with Crippen LogP contribution in [0.15, 0.2) is 18.2 Å². The molecule has 0 radical (unpaired) electrons. The number of benzene rings is 1. The Morgan fingerprint density at radius 2 is 2.05 bits per heavy atom. The summed E-state index contributed by atoms with van der Waals surface area (Å²) in [5, 5.41) is 15.4. The van der Waals surface area contributed by atoms with E-state index in [1.165, 1.54) is 13.0 Å². The molecular formula is C13H18F2N2O2. The van der Waals surface area contributed by atoms with Crippen LogP contribution in [0.25, 0.3) is 0 Å². The van der Waals surface area contributed by atoms with Gasteiger partial charge < -0.3 is 15.7 Å². The van der Waals surface area contributed by atoms with Crippen LogP contribution >= 0.6 is 0 Å². The molecule has 1 amide bonds. The molecule has 0 heterocycles. The van der Waals surface area contributed by atoms with E-state index in [1.807, 2.05) is 0 Å². The van der Waals surface area contributed by atoms with Crippen LogP contribution in [0.1, 0.15) is 25.0 Å². The zero-order valence-corrected chi connectivity index (χ0v) is 10.7. The summed E-state index contributed by atoms with van der Waals surface area (Å²) >= 11 is 0. The molecule has 6 heteroatoms. The molecule has 1 atom stereocenters. The number of amides is 1. The van der Waals surface area contributed by atoms with Crippen LogP contribution in [0.2, 0.25) is 0 Å². The number of rotatable bonds is 7. The highest BCUT2D eigenvalue weighted by atomic mass is 19.2. The van der Waals surface area contributed by atoms with E-state index in [0.29, 0.717) is 18.7 Å². The Morgan fingerprint density at radius 1 is 1.32 bits per heavy atom. The van der Waals surface area contributed by atoms with Crippen molar-refractivity contribution in [1.82, 2.24) is 10.6 Å². The fourth-order valence-electron chi connectivity index (χ4n) is 1.55. The monoisotopic (exact) mass is 272 g/mol. The molecule has 0 saturated heterocycles. The first-order valence-electron chi connectivity index (χ1n) is 6.09. The van der Waals surface area contributed by atoms with Crippen molar-refractivity contribution in [3.05, 3.63) is 35.4 Å². The number of carbonyl (C=O) groups excluding carboxylic acids is 1. The van der Waals surface area contributed by atoms with E-state index in [9.17, 15) is 18.7 Å². The molecule has 3 N–H and O–H groups in total. The summed E-state index contributed by atoms with van der Waals surface area (Å²) in [5.41, 5.74) is 0.327. The maximum atomic E-state index is 13.0. The van der Waals surface area contributed by atoms with E-state index < -0.39 is 17.7 Å². The molecule has 0 aliphatic carbocycles. The predicted molar refractivity (Wildman–Crippen MR) is 67.5 cm³/mol. The molecule has 106 valence electrons. The number of hydrogen-bond donors (Lipinski definition) is 3. The van der Waals surface area contributed by atoms with E-state index >= 15 is 0 Å². The molecule has 1 aromatic rings. The number of aliphatic hydroxyl groups is 1. The highest BCUT2D eigenvalue weighted by molar-refractivity contribution is 5.72. The zero-order chi connectivity index (χ0) is 14.3. The number of nitrogens with one attached hydrogen (secondary N) is 2. The lowest BCUT2D eigenvalue weighted by atomic mass is 10.1. The molecule has 1 rings (SSSR count). The van der Waals surface area contributed by atoms with Gasteiger partial charge in [-0.15, -0.1) is 0 Å². The van der Waals surface area contributed by atoms with Crippen LogP contribution in [0.4, 0.5) is 8.78 Å². The first-order chi connectivity index (χ1) is 9.00. The van der Waals surface area contributed by atoms with Crippen molar-refractivity contribution in [2.45, 2.75) is 19.4 Å². The molecule has 0 aliphatic rings. The van der Waals surface area contributed by atoms with E-state index in [2.05, 4.69) is 10.6 Å². The van der Waals surface area contributed by atoms with E-state index in [-0.39, 0.29) is 12.5 Å². The summed E-state index contributed by atoms with van der Waals surface area (Å²) in [6.45, 7) is 2.86. The van der Waals surface area contributed by atoms with Crippen LogP contribution in [0, 0.1) is 11.6 Å². The summed E-state index contributed by atoms with van der Waals surface area (Å²) < 4.78 is 25.7. The topological polar surface area (TPSA) is 61.4 Å². The maximum Gasteiger partial charge on any atom is 0.216 e. The SMILES string of the molecule is CC(=O)NCCCNCC(O)c1ccc(F)c(F)c1. The highest BCUT2D eigenvalue weighted by Gasteiger charge is 2.10. The number of halogens is 2. The number of hydrogen-bond acceptors (Lipinski definition) is 3. The third kappa shape index (κ3) is 5.76. The third-order valence-electron chi connectivity index (χ3n) is 2.57. The fraction of sp³-hybridized carbons (Fsp3) is 0.462. The van der Waals surface area contributed by atoms with Gasteiger partial charge in [0.25, 0.3) is 0 Å². The molecule has 1 unspecified atom stereocenters. The Kier molecular flexibility index (Phi) is 6.38. The van der Waals surface area contributed by atoms with Crippen LogP contribution in [0.5, 0.6) is 0 Å². The number of carbonyl (C=O) groups is 1. The van der Waals surface area contributed by atoms with Crippen molar-refractivity contribution in [2.75, 3.05) is 19.6 Å². The van der Waals surface area contributed by atoms with Crippen molar-refractivity contribution < 1.29 is 18.7 Å². The van der Waals surface area contributed by atoms with Crippen molar-refractivity contribution >= 4 is 5.91 Å². The Bertz CT molecular complexity index is 427. The van der Waals surface area contributed by atoms with Gasteiger partial charge in [-0.1, -0.05) is 6.07 Å². The predicted octanol–water partition coefficient (Wildman–Crippen LogP) is 1.11. The number of aliphatic hydroxyl groups excluding tert-OH is 1. The minimum atomic E-state index is -0.970. The van der Waals surface area contributed by atoms with Crippen LogP contribution in [-0.2, 0) is 4.79 Å². The zero-order valence-electron chi connectivity index (χ0n) is 10.7.